The fourth-order valence-electron chi connectivity index (χ4n) is 6.27. The van der Waals surface area contributed by atoms with Crippen LogP contribution in [0.4, 0.5) is 33.7 Å². The van der Waals surface area contributed by atoms with Crippen LogP contribution in [-0.2, 0) is 0 Å². The minimum Gasteiger partial charge on any atom is -0.381 e. The second-order valence-electron chi connectivity index (χ2n) is 12.4. The van der Waals surface area contributed by atoms with Crippen LogP contribution in [0.3, 0.4) is 0 Å². The topological polar surface area (TPSA) is 133 Å². The third-order valence-electron chi connectivity index (χ3n) is 9.54. The molecule has 2 saturated heterocycles. The first-order valence-electron chi connectivity index (χ1n) is 14.8. The third kappa shape index (κ3) is 6.00. The summed E-state index contributed by atoms with van der Waals surface area (Å²) in [5, 5.41) is 31.9. The molecular weight excluding hydrogens is 600 g/mol. The highest BCUT2D eigenvalue weighted by Crippen LogP contribution is 2.55. The van der Waals surface area contributed by atoms with Crippen molar-refractivity contribution >= 4 is 41.3 Å². The zero-order chi connectivity index (χ0) is 31.9. The second kappa shape index (κ2) is 11.9. The standard InChI is InChI=1S/C28H36F4N8O2.CH2S/c1-2-17-13-39(14-17)23(33)18-11-34-20(10-19(18)35-16-25(29)4-3-5-25)22-21(12-36-38-22)37-24(41)40-9-8-27(42,28(30,31)32)15-26(40)6-7-26;1-2/h10-12,17,33,42H,2-9,13-16H2,1H3,(H,34,35)(H,36,38)(H,37,41);1H2. The molecule has 1 atom stereocenters. The Morgan fingerprint density at radius 1 is 1.20 bits per heavy atom. The number of aliphatic hydroxyl groups is 1. The van der Waals surface area contributed by atoms with Crippen LogP contribution in [0.15, 0.2) is 18.5 Å². The molecule has 15 heteroatoms. The van der Waals surface area contributed by atoms with Crippen molar-refractivity contribution in [2.24, 2.45) is 5.92 Å². The lowest BCUT2D eigenvalue weighted by Gasteiger charge is -2.45. The number of amides is 2. The number of amidine groups is 1. The van der Waals surface area contributed by atoms with Gasteiger partial charge < -0.3 is 25.5 Å². The molecule has 2 aromatic heterocycles. The molecule has 10 nitrogen and oxygen atoms in total. The molecule has 2 saturated carbocycles. The number of aromatic nitrogens is 3. The van der Waals surface area contributed by atoms with Gasteiger partial charge in [0, 0.05) is 56.4 Å². The number of pyridine rings is 1. The van der Waals surface area contributed by atoms with E-state index in [9.17, 15) is 27.5 Å². The quantitative estimate of drug-likeness (QED) is 0.117. The van der Waals surface area contributed by atoms with Gasteiger partial charge in [-0.3, -0.25) is 15.5 Å². The number of nitrogens with one attached hydrogen (secondary N) is 4. The number of anilines is 2. The first kappa shape index (κ1) is 32.1. The lowest BCUT2D eigenvalue weighted by atomic mass is 9.82. The number of H-pyrrole nitrogens is 1. The molecule has 6 rings (SSSR count). The number of aromatic amines is 1. The molecule has 4 fully saturated rings. The molecule has 2 amide bonds. The summed E-state index contributed by atoms with van der Waals surface area (Å²) in [6.07, 6.45) is 0.616. The van der Waals surface area contributed by atoms with Crippen LogP contribution in [0.2, 0.25) is 0 Å². The summed E-state index contributed by atoms with van der Waals surface area (Å²) in [6.45, 7) is 3.53. The average molecular weight is 639 g/mol. The van der Waals surface area contributed by atoms with E-state index in [1.165, 1.54) is 11.1 Å². The molecule has 2 aromatic rings. The molecule has 1 unspecified atom stereocenters. The van der Waals surface area contributed by atoms with Crippen molar-refractivity contribution in [1.82, 2.24) is 25.0 Å². The van der Waals surface area contributed by atoms with E-state index >= 15 is 0 Å². The zero-order valence-corrected chi connectivity index (χ0v) is 25.4. The van der Waals surface area contributed by atoms with E-state index < -0.39 is 41.9 Å². The molecule has 44 heavy (non-hydrogen) atoms. The van der Waals surface area contributed by atoms with Gasteiger partial charge >= 0.3 is 12.2 Å². The molecule has 5 N–H and O–H groups in total. The monoisotopic (exact) mass is 638 g/mol. The Hall–Kier alpha value is -3.33. The number of halogens is 4. The first-order chi connectivity index (χ1) is 20.9. The van der Waals surface area contributed by atoms with Crippen LogP contribution in [0.25, 0.3) is 11.4 Å². The summed E-state index contributed by atoms with van der Waals surface area (Å²) in [5.74, 6) is 3.67. The van der Waals surface area contributed by atoms with Crippen LogP contribution in [0.1, 0.15) is 63.9 Å². The normalized spacial score (nSPS) is 23.6. The van der Waals surface area contributed by atoms with Gasteiger partial charge in [-0.2, -0.15) is 18.3 Å². The first-order valence-corrected chi connectivity index (χ1v) is 15.4. The number of thiocarbonyl (C=S) groups is 1. The average Bonchev–Trinajstić information content (AvgIpc) is 3.54. The highest BCUT2D eigenvalue weighted by Gasteiger charge is 2.65. The minimum absolute atomic E-state index is 0.0994. The Kier molecular flexibility index (Phi) is 8.66. The van der Waals surface area contributed by atoms with Crippen molar-refractivity contribution in [3.63, 3.8) is 0 Å². The maximum absolute atomic E-state index is 14.9. The maximum atomic E-state index is 14.9. The number of carbonyl (C=O) groups excluding carboxylic acids is 1. The van der Waals surface area contributed by atoms with Gasteiger partial charge in [0.1, 0.15) is 17.2 Å². The highest BCUT2D eigenvalue weighted by atomic mass is 32.1. The summed E-state index contributed by atoms with van der Waals surface area (Å²) in [7, 11) is 0. The molecule has 240 valence electrons. The molecule has 0 bridgehead atoms. The summed E-state index contributed by atoms with van der Waals surface area (Å²) in [4.78, 5) is 21.2. The van der Waals surface area contributed by atoms with E-state index in [-0.39, 0.29) is 18.8 Å². The van der Waals surface area contributed by atoms with Gasteiger partial charge in [-0.1, -0.05) is 19.1 Å². The number of rotatable bonds is 7. The minimum atomic E-state index is -4.77. The molecule has 2 aliphatic carbocycles. The Balaban J connectivity index is 0.00000188. The van der Waals surface area contributed by atoms with E-state index in [4.69, 9.17) is 5.41 Å². The van der Waals surface area contributed by atoms with Crippen molar-refractivity contribution in [3.05, 3.63) is 24.0 Å². The molecule has 4 aliphatic rings. The number of carbonyl (C=O) groups is 1. The van der Waals surface area contributed by atoms with Crippen molar-refractivity contribution in [2.75, 3.05) is 36.8 Å². The summed E-state index contributed by atoms with van der Waals surface area (Å²) in [5.41, 5.74) is -3.02. The highest BCUT2D eigenvalue weighted by molar-refractivity contribution is 7.77. The largest absolute Gasteiger partial charge is 0.417 e. The van der Waals surface area contributed by atoms with Gasteiger partial charge in [-0.15, -0.1) is 0 Å². The Bertz CT molecular complexity index is 1390. The van der Waals surface area contributed by atoms with E-state index in [0.717, 1.165) is 25.9 Å². The van der Waals surface area contributed by atoms with Crippen molar-refractivity contribution < 1.29 is 27.5 Å². The molecular formula is C29H38F4N8O2S. The van der Waals surface area contributed by atoms with E-state index in [1.54, 1.807) is 12.3 Å². The Morgan fingerprint density at radius 3 is 2.50 bits per heavy atom. The van der Waals surface area contributed by atoms with Gasteiger partial charge in [-0.05, 0) is 56.4 Å². The van der Waals surface area contributed by atoms with E-state index in [0.29, 0.717) is 60.1 Å². The Labute approximate surface area is 258 Å². The van der Waals surface area contributed by atoms with E-state index in [2.05, 4.69) is 50.8 Å². The number of piperidine rings is 1. The van der Waals surface area contributed by atoms with Crippen LogP contribution in [-0.4, -0.2) is 97.0 Å². The lowest BCUT2D eigenvalue weighted by Crippen LogP contribution is -2.60. The van der Waals surface area contributed by atoms with Gasteiger partial charge in [-0.25, -0.2) is 9.18 Å². The molecule has 0 radical (unpaired) electrons. The predicted molar refractivity (Wildman–Crippen MR) is 163 cm³/mol. The number of hydrogen-bond acceptors (Lipinski definition) is 7. The fourth-order valence-corrected chi connectivity index (χ4v) is 6.27. The summed E-state index contributed by atoms with van der Waals surface area (Å²) in [6, 6.07) is 1.11. The summed E-state index contributed by atoms with van der Waals surface area (Å²) < 4.78 is 55.4. The predicted octanol–water partition coefficient (Wildman–Crippen LogP) is 5.51. The molecule has 4 heterocycles. The zero-order valence-electron chi connectivity index (χ0n) is 24.6. The van der Waals surface area contributed by atoms with Gasteiger partial charge in [0.2, 0.25) is 0 Å². The molecule has 0 aromatic carbocycles. The van der Waals surface area contributed by atoms with Crippen molar-refractivity contribution in [2.45, 2.75) is 81.3 Å². The van der Waals surface area contributed by atoms with E-state index in [1.807, 2.05) is 4.90 Å². The van der Waals surface area contributed by atoms with Crippen LogP contribution in [0.5, 0.6) is 0 Å². The number of hydrogen-bond donors (Lipinski definition) is 5. The second-order valence-corrected chi connectivity index (χ2v) is 12.4. The van der Waals surface area contributed by atoms with Gasteiger partial charge in [0.05, 0.1) is 23.1 Å². The Morgan fingerprint density at radius 2 is 1.91 bits per heavy atom. The number of nitrogens with zero attached hydrogens (tertiary/aromatic N) is 4. The SMILES string of the molecule is C=S.CCC1CN(C(=N)c2cnc(-c3[nH]ncc3NC(=O)N3CCC(O)(C(F)(F)F)CC34CC4)cc2NCC2(F)CCC2)C1. The van der Waals surface area contributed by atoms with Crippen LogP contribution < -0.4 is 10.6 Å². The van der Waals surface area contributed by atoms with Gasteiger partial charge in [0.15, 0.2) is 5.60 Å². The number of likely N-dealkylation sites (tertiary alicyclic amines) is 2. The van der Waals surface area contributed by atoms with Gasteiger partial charge in [0.25, 0.3) is 0 Å². The number of alkyl halides is 4. The van der Waals surface area contributed by atoms with Crippen LogP contribution >= 0.6 is 12.2 Å². The van der Waals surface area contributed by atoms with Crippen molar-refractivity contribution in [1.29, 1.82) is 5.41 Å². The fraction of sp³-hybridized carbons (Fsp3) is 0.621. The summed E-state index contributed by atoms with van der Waals surface area (Å²) >= 11 is 3.83. The van der Waals surface area contributed by atoms with Crippen molar-refractivity contribution in [3.8, 4) is 11.4 Å². The van der Waals surface area contributed by atoms with Crippen LogP contribution in [0, 0.1) is 11.3 Å². The third-order valence-corrected chi connectivity index (χ3v) is 9.54. The molecule has 1 spiro atoms. The number of urea groups is 1. The lowest BCUT2D eigenvalue weighted by molar-refractivity contribution is -0.277. The molecule has 2 aliphatic heterocycles. The smallest absolute Gasteiger partial charge is 0.381 e. The maximum Gasteiger partial charge on any atom is 0.417 e.